The first-order valence-corrected chi connectivity index (χ1v) is 19.7. The number of hydrogen-bond acceptors (Lipinski definition) is 10. The summed E-state index contributed by atoms with van der Waals surface area (Å²) in [5.41, 5.74) is 0.665. The van der Waals surface area contributed by atoms with Crippen LogP contribution >= 0.6 is 0 Å². The summed E-state index contributed by atoms with van der Waals surface area (Å²) in [5.74, 6) is -4.42. The highest BCUT2D eigenvalue weighted by Crippen LogP contribution is 2.32. The highest BCUT2D eigenvalue weighted by atomic mass is 16.5. The topological polar surface area (TPSA) is 174 Å². The minimum absolute atomic E-state index is 0.00821. The van der Waals surface area contributed by atoms with Crippen LogP contribution in [0.5, 0.6) is 5.75 Å². The van der Waals surface area contributed by atoms with Crippen molar-refractivity contribution in [3.05, 3.63) is 29.8 Å². The molecular formula is C42H69N3O10. The van der Waals surface area contributed by atoms with Gasteiger partial charge in [-0.1, -0.05) is 67.0 Å². The number of aliphatic hydroxyl groups excluding tert-OH is 1. The second-order valence-corrected chi connectivity index (χ2v) is 16.5. The molecule has 13 heteroatoms. The van der Waals surface area contributed by atoms with E-state index in [0.717, 1.165) is 0 Å². The zero-order chi connectivity index (χ0) is 41.9. The van der Waals surface area contributed by atoms with E-state index in [-0.39, 0.29) is 91.6 Å². The van der Waals surface area contributed by atoms with Gasteiger partial charge in [-0.15, -0.1) is 0 Å². The van der Waals surface area contributed by atoms with Crippen LogP contribution < -0.4 is 0 Å². The standard InChI is InChI=1S/C42H69N3O10/c1-13-26(6)39(44(10)41(51)32(24(2)3)21-35(49)38(25(4)5)43(8)9)36(54-11)22-37(50)45-23-31(47)20-33(45)40(55-12)27(7)34(48)19-29(42(52)53)18-28-14-16-30(46)17-15-28/h14-17,24-27,29,31-33,36,38-40,46-47H,13,18-23H2,1-12H3,(H,52,53)/t26-,27-,29+,31+,32-,33-,36+,38-,39-,40+/m0/s1. The van der Waals surface area contributed by atoms with Crippen LogP contribution in [0.4, 0.5) is 0 Å². The number of carbonyl (C=O) groups is 5. The number of carboxylic acid groups (broad SMARTS) is 1. The van der Waals surface area contributed by atoms with Gasteiger partial charge in [-0.2, -0.15) is 0 Å². The largest absolute Gasteiger partial charge is 0.508 e. The second kappa shape index (κ2) is 21.8. The molecule has 1 aromatic carbocycles. The Balaban J connectivity index is 2.32. The molecule has 1 aromatic rings. The number of amides is 2. The van der Waals surface area contributed by atoms with Crippen molar-refractivity contribution < 1.29 is 48.8 Å². The third-order valence-electron chi connectivity index (χ3n) is 11.7. The number of aromatic hydroxyl groups is 1. The molecule has 13 nitrogen and oxygen atoms in total. The van der Waals surface area contributed by atoms with E-state index < -0.39 is 54.1 Å². The average Bonchev–Trinajstić information content (AvgIpc) is 3.50. The number of Topliss-reactive ketones (excluding diaryl/α,β-unsaturated/α-hetero) is 2. The molecule has 55 heavy (non-hydrogen) atoms. The number of likely N-dealkylation sites (tertiary alicyclic amines) is 1. The number of phenolic OH excluding ortho intramolecular Hbond substituents is 1. The van der Waals surface area contributed by atoms with Crippen molar-refractivity contribution >= 4 is 29.4 Å². The molecular weight excluding hydrogens is 706 g/mol. The van der Waals surface area contributed by atoms with Gasteiger partial charge < -0.3 is 34.6 Å². The zero-order valence-electron chi connectivity index (χ0n) is 35.2. The monoisotopic (exact) mass is 775 g/mol. The molecule has 1 aliphatic heterocycles. The van der Waals surface area contributed by atoms with Crippen LogP contribution in [0.3, 0.4) is 0 Å². The summed E-state index contributed by atoms with van der Waals surface area (Å²) in [4.78, 5) is 72.9. The minimum atomic E-state index is -1.12. The predicted octanol–water partition coefficient (Wildman–Crippen LogP) is 4.30. The van der Waals surface area contributed by atoms with Gasteiger partial charge >= 0.3 is 5.97 Å². The molecule has 0 bridgehead atoms. The average molecular weight is 776 g/mol. The number of phenols is 1. The normalized spacial score (nSPS) is 20.5. The summed E-state index contributed by atoms with van der Waals surface area (Å²) in [6.07, 6.45) is -1.75. The third-order valence-corrected chi connectivity index (χ3v) is 11.7. The van der Waals surface area contributed by atoms with Crippen LogP contribution in [0.2, 0.25) is 0 Å². The minimum Gasteiger partial charge on any atom is -0.508 e. The molecule has 3 N–H and O–H groups in total. The molecule has 2 amide bonds. The van der Waals surface area contributed by atoms with Crippen molar-refractivity contribution in [2.24, 2.45) is 35.5 Å². The molecule has 1 aliphatic rings. The van der Waals surface area contributed by atoms with E-state index in [0.29, 0.717) is 12.0 Å². The van der Waals surface area contributed by atoms with Gasteiger partial charge in [-0.25, -0.2) is 0 Å². The molecule has 0 aliphatic carbocycles. The first-order valence-electron chi connectivity index (χ1n) is 19.7. The maximum atomic E-state index is 14.3. The Morgan fingerprint density at radius 1 is 0.873 bits per heavy atom. The van der Waals surface area contributed by atoms with Crippen LogP contribution in [0.25, 0.3) is 0 Å². The highest BCUT2D eigenvalue weighted by molar-refractivity contribution is 5.90. The molecule has 312 valence electrons. The number of ketones is 2. The Morgan fingerprint density at radius 2 is 1.47 bits per heavy atom. The molecule has 1 saturated heterocycles. The van der Waals surface area contributed by atoms with Crippen molar-refractivity contribution in [2.45, 2.75) is 123 Å². The number of carboxylic acids is 1. The Hall–Kier alpha value is -3.39. The third kappa shape index (κ3) is 12.8. The number of rotatable bonds is 23. The number of aliphatic hydroxyl groups is 1. The van der Waals surface area contributed by atoms with E-state index >= 15 is 0 Å². The van der Waals surface area contributed by atoms with E-state index in [1.54, 1.807) is 31.0 Å². The van der Waals surface area contributed by atoms with Crippen LogP contribution in [-0.2, 0) is 39.9 Å². The first-order chi connectivity index (χ1) is 25.7. The van der Waals surface area contributed by atoms with Crippen molar-refractivity contribution in [3.8, 4) is 5.75 Å². The molecule has 0 spiro atoms. The zero-order valence-corrected chi connectivity index (χ0v) is 35.2. The number of carbonyl (C=O) groups excluding carboxylic acids is 4. The van der Waals surface area contributed by atoms with E-state index in [1.807, 2.05) is 60.5 Å². The number of nitrogens with zero attached hydrogens (tertiary/aromatic N) is 3. The number of likely N-dealkylation sites (N-methyl/N-ethyl adjacent to an activating group) is 2. The van der Waals surface area contributed by atoms with Gasteiger partial charge in [0.05, 0.1) is 48.8 Å². The summed E-state index contributed by atoms with van der Waals surface area (Å²) in [6.45, 7) is 13.5. The molecule has 1 heterocycles. The lowest BCUT2D eigenvalue weighted by molar-refractivity contribution is -0.149. The summed E-state index contributed by atoms with van der Waals surface area (Å²) >= 11 is 0. The molecule has 0 radical (unpaired) electrons. The van der Waals surface area contributed by atoms with Crippen molar-refractivity contribution in [3.63, 3.8) is 0 Å². The molecule has 2 rings (SSSR count). The van der Waals surface area contributed by atoms with Gasteiger partial charge in [0.2, 0.25) is 11.8 Å². The molecule has 1 fully saturated rings. The van der Waals surface area contributed by atoms with E-state index in [1.165, 1.54) is 31.3 Å². The van der Waals surface area contributed by atoms with Crippen molar-refractivity contribution in [2.75, 3.05) is 41.9 Å². The Bertz CT molecular complexity index is 1410. The van der Waals surface area contributed by atoms with E-state index in [9.17, 15) is 39.3 Å². The van der Waals surface area contributed by atoms with Gasteiger partial charge in [0.25, 0.3) is 0 Å². The quantitative estimate of drug-likeness (QED) is 0.145. The predicted molar refractivity (Wildman–Crippen MR) is 210 cm³/mol. The molecule has 0 unspecified atom stereocenters. The van der Waals surface area contributed by atoms with Gasteiger partial charge in [0.15, 0.2) is 5.78 Å². The number of ether oxygens (including phenoxy) is 2. The Kier molecular flexibility index (Phi) is 18.9. The van der Waals surface area contributed by atoms with E-state index in [2.05, 4.69) is 0 Å². The number of benzene rings is 1. The van der Waals surface area contributed by atoms with Crippen molar-refractivity contribution in [1.29, 1.82) is 0 Å². The van der Waals surface area contributed by atoms with Crippen LogP contribution in [0, 0.1) is 35.5 Å². The number of methoxy groups -OCH3 is 2. The fourth-order valence-electron chi connectivity index (χ4n) is 8.39. The maximum absolute atomic E-state index is 14.3. The van der Waals surface area contributed by atoms with Gasteiger partial charge in [0, 0.05) is 52.5 Å². The molecule has 10 atom stereocenters. The number of aliphatic carboxylic acids is 1. The fraction of sp³-hybridized carbons (Fsp3) is 0.738. The smallest absolute Gasteiger partial charge is 0.307 e. The van der Waals surface area contributed by atoms with E-state index in [4.69, 9.17) is 9.47 Å². The Morgan fingerprint density at radius 3 is 1.95 bits per heavy atom. The number of β-amino-alcohol motifs (C(OH)–C–C–N with tert-alkyl or cyclic N) is 1. The Labute approximate surface area is 328 Å². The second-order valence-electron chi connectivity index (χ2n) is 16.5. The molecule has 0 saturated carbocycles. The van der Waals surface area contributed by atoms with Gasteiger partial charge in [-0.05, 0) is 62.4 Å². The summed E-state index contributed by atoms with van der Waals surface area (Å²) < 4.78 is 11.8. The first kappa shape index (κ1) is 47.8. The van der Waals surface area contributed by atoms with Crippen LogP contribution in [-0.4, -0.2) is 138 Å². The highest BCUT2D eigenvalue weighted by Gasteiger charge is 2.45. The summed E-state index contributed by atoms with van der Waals surface area (Å²) in [5, 5.41) is 30.4. The molecule has 0 aromatic heterocycles. The maximum Gasteiger partial charge on any atom is 0.307 e. The lowest BCUT2D eigenvalue weighted by Crippen LogP contribution is -2.54. The number of hydrogen-bond donors (Lipinski definition) is 3. The van der Waals surface area contributed by atoms with Crippen LogP contribution in [0.15, 0.2) is 24.3 Å². The summed E-state index contributed by atoms with van der Waals surface area (Å²) in [6, 6.07) is 4.65. The van der Waals surface area contributed by atoms with Gasteiger partial charge in [-0.3, -0.25) is 28.9 Å². The van der Waals surface area contributed by atoms with Crippen LogP contribution in [0.1, 0.15) is 86.1 Å². The lowest BCUT2D eigenvalue weighted by atomic mass is 9.83. The fourth-order valence-corrected chi connectivity index (χ4v) is 8.39. The summed E-state index contributed by atoms with van der Waals surface area (Å²) in [7, 11) is 8.39. The van der Waals surface area contributed by atoms with Crippen molar-refractivity contribution in [1.82, 2.24) is 14.7 Å². The van der Waals surface area contributed by atoms with Gasteiger partial charge in [0.1, 0.15) is 11.5 Å². The lowest BCUT2D eigenvalue weighted by Gasteiger charge is -2.41. The SMILES string of the molecule is CC[C@H](C)[C@@H]([C@@H](CC(=O)N1C[C@H](O)C[C@H]1[C@H](OC)[C@@H](C)C(=O)C[C@@H](Cc1ccc(O)cc1)C(=O)O)OC)N(C)C(=O)[C@@H](CC(=O)[C@H](C(C)C)N(C)C)C(C)C.